The Labute approximate surface area is 141 Å². The third-order valence-corrected chi connectivity index (χ3v) is 5.10. The quantitative estimate of drug-likeness (QED) is 0.403. The van der Waals surface area contributed by atoms with E-state index in [1.807, 2.05) is 33.8 Å². The number of carbonyl (C=O) groups excluding carboxylic acids is 1. The first-order chi connectivity index (χ1) is 10.6. The molecule has 1 aliphatic carbocycles. The zero-order valence-electron chi connectivity index (χ0n) is 13.3. The number of esters is 1. The van der Waals surface area contributed by atoms with Gasteiger partial charge in [-0.3, -0.25) is 4.79 Å². The normalized spacial score (nSPS) is 21.7. The lowest BCUT2D eigenvalue weighted by Gasteiger charge is -2.10. The Morgan fingerprint density at radius 1 is 1.30 bits per heavy atom. The molecule has 1 aromatic carbocycles. The first-order valence-electron chi connectivity index (χ1n) is 7.21. The van der Waals surface area contributed by atoms with Crippen LogP contribution in [0.2, 0.25) is 0 Å². The van der Waals surface area contributed by atoms with E-state index >= 15 is 0 Å². The van der Waals surface area contributed by atoms with Crippen LogP contribution in [0.25, 0.3) is 0 Å². The Bertz CT molecular complexity index is 653. The summed E-state index contributed by atoms with van der Waals surface area (Å²) >= 11 is 2.85. The lowest BCUT2D eigenvalue weighted by Crippen LogP contribution is -2.12. The molecular weight excluding hydrogens is 373 g/mol. The van der Waals surface area contributed by atoms with Gasteiger partial charge in [0.1, 0.15) is 12.4 Å². The van der Waals surface area contributed by atoms with E-state index in [9.17, 15) is 18.0 Å². The molecule has 1 aromatic rings. The van der Waals surface area contributed by atoms with Crippen LogP contribution in [0.1, 0.15) is 33.3 Å². The fourth-order valence-electron chi connectivity index (χ4n) is 2.78. The van der Waals surface area contributed by atoms with Crippen LogP contribution in [0, 0.1) is 34.7 Å². The summed E-state index contributed by atoms with van der Waals surface area (Å²) in [7, 11) is 0. The van der Waals surface area contributed by atoms with E-state index < -0.39 is 30.0 Å². The zero-order valence-corrected chi connectivity index (χ0v) is 14.9. The van der Waals surface area contributed by atoms with Crippen molar-refractivity contribution in [3.8, 4) is 0 Å². The molecule has 1 aliphatic rings. The van der Waals surface area contributed by atoms with Crippen LogP contribution in [0.5, 0.6) is 0 Å². The summed E-state index contributed by atoms with van der Waals surface area (Å²) in [5, 5.41) is 0. The van der Waals surface area contributed by atoms with Gasteiger partial charge in [-0.2, -0.15) is 0 Å². The summed E-state index contributed by atoms with van der Waals surface area (Å²) in [6, 6.07) is 0.444. The highest BCUT2D eigenvalue weighted by molar-refractivity contribution is 9.10. The number of carbonyl (C=O) groups is 1. The van der Waals surface area contributed by atoms with E-state index in [-0.39, 0.29) is 27.3 Å². The third-order valence-electron chi connectivity index (χ3n) is 4.24. The minimum absolute atomic E-state index is 0.0533. The average Bonchev–Trinajstić information content (AvgIpc) is 2.96. The molecule has 126 valence electrons. The number of rotatable bonds is 4. The minimum Gasteiger partial charge on any atom is -0.460 e. The van der Waals surface area contributed by atoms with E-state index in [0.29, 0.717) is 6.07 Å². The predicted molar refractivity (Wildman–Crippen MR) is 84.0 cm³/mol. The summed E-state index contributed by atoms with van der Waals surface area (Å²) in [6.45, 7) is 7.26. The van der Waals surface area contributed by atoms with Crippen molar-refractivity contribution < 1.29 is 22.7 Å². The summed E-state index contributed by atoms with van der Waals surface area (Å²) in [5.41, 5.74) is 0.518. The van der Waals surface area contributed by atoms with Crippen LogP contribution in [-0.2, 0) is 16.1 Å². The average molecular weight is 391 g/mol. The maximum Gasteiger partial charge on any atom is 0.310 e. The number of hydrogen-bond acceptors (Lipinski definition) is 2. The molecule has 0 radical (unpaired) electrons. The van der Waals surface area contributed by atoms with E-state index in [1.54, 1.807) is 0 Å². The predicted octanol–water partition coefficient (Wildman–Crippen LogP) is 5.15. The number of allylic oxidation sites excluding steroid dienone is 2. The van der Waals surface area contributed by atoms with E-state index in [2.05, 4.69) is 15.9 Å². The molecule has 23 heavy (non-hydrogen) atoms. The molecule has 1 fully saturated rings. The molecule has 0 bridgehead atoms. The second kappa shape index (κ2) is 6.30. The Hall–Kier alpha value is -1.30. The fourth-order valence-corrected chi connectivity index (χ4v) is 3.18. The largest absolute Gasteiger partial charge is 0.460 e. The SMILES string of the molecule is CC(C)=CC1C(C(=O)OCc2c(F)c(F)cc(F)c2Br)C1(C)C. The highest BCUT2D eigenvalue weighted by Gasteiger charge is 2.61. The second-order valence-corrected chi connectivity index (χ2v) is 7.42. The Morgan fingerprint density at radius 2 is 1.91 bits per heavy atom. The van der Waals surface area contributed by atoms with Crippen molar-refractivity contribution in [1.82, 2.24) is 0 Å². The molecule has 0 saturated heterocycles. The number of ether oxygens (including phenoxy) is 1. The van der Waals surface area contributed by atoms with Crippen molar-refractivity contribution in [3.63, 3.8) is 0 Å². The van der Waals surface area contributed by atoms with Crippen LogP contribution in [0.3, 0.4) is 0 Å². The molecule has 0 aromatic heterocycles. The van der Waals surface area contributed by atoms with Crippen molar-refractivity contribution in [2.24, 2.45) is 17.3 Å². The molecule has 0 heterocycles. The summed E-state index contributed by atoms with van der Waals surface area (Å²) in [5.74, 6) is -4.25. The molecule has 2 atom stereocenters. The van der Waals surface area contributed by atoms with Crippen LogP contribution in [-0.4, -0.2) is 5.97 Å². The van der Waals surface area contributed by atoms with Crippen LogP contribution in [0.15, 0.2) is 22.2 Å². The van der Waals surface area contributed by atoms with Gasteiger partial charge in [-0.05, 0) is 41.1 Å². The molecule has 0 aliphatic heterocycles. The first-order valence-corrected chi connectivity index (χ1v) is 8.00. The summed E-state index contributed by atoms with van der Waals surface area (Å²) in [6.07, 6.45) is 2.00. The molecule has 0 N–H and O–H groups in total. The van der Waals surface area contributed by atoms with Gasteiger partial charge in [0, 0.05) is 11.6 Å². The van der Waals surface area contributed by atoms with Crippen molar-refractivity contribution in [3.05, 3.63) is 45.2 Å². The van der Waals surface area contributed by atoms with E-state index in [1.165, 1.54) is 0 Å². The maximum atomic E-state index is 13.7. The van der Waals surface area contributed by atoms with Gasteiger partial charge in [-0.25, -0.2) is 13.2 Å². The molecule has 6 heteroatoms. The number of hydrogen-bond donors (Lipinski definition) is 0. The van der Waals surface area contributed by atoms with Gasteiger partial charge in [-0.1, -0.05) is 25.5 Å². The fraction of sp³-hybridized carbons (Fsp3) is 0.471. The van der Waals surface area contributed by atoms with E-state index in [0.717, 1.165) is 5.57 Å². The molecule has 1 saturated carbocycles. The maximum absolute atomic E-state index is 13.7. The first kappa shape index (κ1) is 18.0. The van der Waals surface area contributed by atoms with Crippen molar-refractivity contribution in [1.29, 1.82) is 0 Å². The highest BCUT2D eigenvalue weighted by atomic mass is 79.9. The second-order valence-electron chi connectivity index (χ2n) is 6.62. The lowest BCUT2D eigenvalue weighted by molar-refractivity contribution is -0.147. The smallest absolute Gasteiger partial charge is 0.310 e. The molecule has 0 spiro atoms. The Balaban J connectivity index is 2.11. The number of benzene rings is 1. The topological polar surface area (TPSA) is 26.3 Å². The van der Waals surface area contributed by atoms with Crippen molar-refractivity contribution in [2.75, 3.05) is 0 Å². The monoisotopic (exact) mass is 390 g/mol. The Morgan fingerprint density at radius 3 is 2.48 bits per heavy atom. The standard InChI is InChI=1S/C17H18BrF3O2/c1-8(2)5-10-13(17(10,3)4)16(22)23-7-9-14(18)11(19)6-12(20)15(9)21/h5-6,10,13H,7H2,1-4H3. The van der Waals surface area contributed by atoms with Gasteiger partial charge in [0.25, 0.3) is 0 Å². The molecule has 2 nitrogen and oxygen atoms in total. The van der Waals surface area contributed by atoms with Crippen LogP contribution in [0.4, 0.5) is 13.2 Å². The van der Waals surface area contributed by atoms with Gasteiger partial charge in [-0.15, -0.1) is 0 Å². The van der Waals surface area contributed by atoms with Crippen LogP contribution < -0.4 is 0 Å². The minimum atomic E-state index is -1.31. The van der Waals surface area contributed by atoms with Crippen LogP contribution >= 0.6 is 15.9 Å². The summed E-state index contributed by atoms with van der Waals surface area (Å²) < 4.78 is 45.3. The van der Waals surface area contributed by atoms with Gasteiger partial charge in [0.05, 0.1) is 10.4 Å². The molecular formula is C17H18BrF3O2. The van der Waals surface area contributed by atoms with Crippen molar-refractivity contribution in [2.45, 2.75) is 34.3 Å². The van der Waals surface area contributed by atoms with Gasteiger partial charge >= 0.3 is 5.97 Å². The Kier molecular flexibility index (Phi) is 4.95. The van der Waals surface area contributed by atoms with Gasteiger partial charge in [0.2, 0.25) is 0 Å². The summed E-state index contributed by atoms with van der Waals surface area (Å²) in [4.78, 5) is 12.2. The van der Waals surface area contributed by atoms with E-state index in [4.69, 9.17) is 4.74 Å². The lowest BCUT2D eigenvalue weighted by atomic mass is 10.1. The highest BCUT2D eigenvalue weighted by Crippen LogP contribution is 2.59. The molecule has 2 rings (SSSR count). The van der Waals surface area contributed by atoms with Crippen molar-refractivity contribution >= 4 is 21.9 Å². The van der Waals surface area contributed by atoms with Gasteiger partial charge < -0.3 is 4.74 Å². The van der Waals surface area contributed by atoms with Gasteiger partial charge in [0.15, 0.2) is 11.6 Å². The molecule has 0 amide bonds. The third kappa shape index (κ3) is 3.47. The zero-order chi connectivity index (χ0) is 17.5. The molecule has 2 unspecified atom stereocenters. The number of halogens is 4.